The molecule has 2 fully saturated rings. The van der Waals surface area contributed by atoms with Crippen LogP contribution in [0.25, 0.3) is 0 Å². The number of carbonyl (C=O) groups excluding carboxylic acids is 1. The van der Waals surface area contributed by atoms with Crippen molar-refractivity contribution >= 4 is 29.1 Å². The average Bonchev–Trinajstić information content (AvgIpc) is 2.82. The minimum atomic E-state index is 0.0753. The van der Waals surface area contributed by atoms with Crippen molar-refractivity contribution in [3.05, 3.63) is 69.2 Å². The van der Waals surface area contributed by atoms with Crippen LogP contribution >= 0.6 is 23.2 Å². The van der Waals surface area contributed by atoms with Gasteiger partial charge in [0, 0.05) is 41.2 Å². The molecule has 2 heterocycles. The molecule has 32 heavy (non-hydrogen) atoms. The molecule has 2 aliphatic heterocycles. The second-order valence-corrected chi connectivity index (χ2v) is 9.94. The van der Waals surface area contributed by atoms with Crippen molar-refractivity contribution in [2.45, 2.75) is 51.7 Å². The van der Waals surface area contributed by atoms with Crippen molar-refractivity contribution in [2.24, 2.45) is 5.92 Å². The molecular formula is C26H33Cl2N3O. The largest absolute Gasteiger partial charge is 0.352 e. The first-order valence-corrected chi connectivity index (χ1v) is 12.6. The first-order chi connectivity index (χ1) is 15.6. The summed E-state index contributed by atoms with van der Waals surface area (Å²) >= 11 is 12.6. The van der Waals surface area contributed by atoms with Crippen LogP contribution in [-0.4, -0.2) is 41.9 Å². The van der Waals surface area contributed by atoms with E-state index in [1.165, 1.54) is 37.9 Å². The zero-order valence-corrected chi connectivity index (χ0v) is 20.2. The molecule has 2 aliphatic rings. The van der Waals surface area contributed by atoms with Crippen molar-refractivity contribution in [1.29, 1.82) is 0 Å². The first kappa shape index (κ1) is 23.6. The lowest BCUT2D eigenvalue weighted by molar-refractivity contribution is -0.126. The monoisotopic (exact) mass is 473 g/mol. The molecule has 1 amide bonds. The van der Waals surface area contributed by atoms with Crippen molar-refractivity contribution in [2.75, 3.05) is 26.2 Å². The SMILES string of the molecule is O=C(NCc1ccc(CN2CCCCC2)cc1)C1CCN(Cc2c(Cl)cccc2Cl)CC1. The summed E-state index contributed by atoms with van der Waals surface area (Å²) in [6, 6.07) is 14.3. The van der Waals surface area contributed by atoms with Crippen LogP contribution in [0.3, 0.4) is 0 Å². The highest BCUT2D eigenvalue weighted by molar-refractivity contribution is 6.35. The molecule has 0 radical (unpaired) electrons. The summed E-state index contributed by atoms with van der Waals surface area (Å²) in [4.78, 5) is 17.6. The van der Waals surface area contributed by atoms with E-state index >= 15 is 0 Å². The topological polar surface area (TPSA) is 35.6 Å². The minimum Gasteiger partial charge on any atom is -0.352 e. The molecule has 0 aromatic heterocycles. The van der Waals surface area contributed by atoms with Gasteiger partial charge in [-0.05, 0) is 75.1 Å². The van der Waals surface area contributed by atoms with Crippen LogP contribution in [0.15, 0.2) is 42.5 Å². The zero-order valence-electron chi connectivity index (χ0n) is 18.7. The number of halogens is 2. The number of benzene rings is 2. The molecule has 2 aromatic rings. The number of hydrogen-bond donors (Lipinski definition) is 1. The molecule has 0 unspecified atom stereocenters. The van der Waals surface area contributed by atoms with Gasteiger partial charge in [-0.1, -0.05) is 60.0 Å². The number of carbonyl (C=O) groups is 1. The third-order valence-corrected chi connectivity index (χ3v) is 7.45. The van der Waals surface area contributed by atoms with E-state index in [1.807, 2.05) is 18.2 Å². The third-order valence-electron chi connectivity index (χ3n) is 6.75. The fourth-order valence-corrected chi connectivity index (χ4v) is 5.25. The van der Waals surface area contributed by atoms with Gasteiger partial charge in [0.25, 0.3) is 0 Å². The van der Waals surface area contributed by atoms with Crippen LogP contribution in [0.2, 0.25) is 10.0 Å². The summed E-state index contributed by atoms with van der Waals surface area (Å²) in [7, 11) is 0. The predicted octanol–water partition coefficient (Wildman–Crippen LogP) is 5.51. The van der Waals surface area contributed by atoms with E-state index in [0.717, 1.165) is 50.1 Å². The number of piperidine rings is 2. The van der Waals surface area contributed by atoms with E-state index in [0.29, 0.717) is 16.6 Å². The second kappa shape index (κ2) is 11.5. The molecular weight excluding hydrogens is 441 g/mol. The molecule has 4 nitrogen and oxygen atoms in total. The summed E-state index contributed by atoms with van der Waals surface area (Å²) in [6.07, 6.45) is 5.73. The van der Waals surface area contributed by atoms with E-state index < -0.39 is 0 Å². The summed E-state index contributed by atoms with van der Waals surface area (Å²) in [5, 5.41) is 4.56. The Kier molecular flexibility index (Phi) is 8.48. The van der Waals surface area contributed by atoms with Crippen molar-refractivity contribution < 1.29 is 4.79 Å². The number of rotatable bonds is 7. The van der Waals surface area contributed by atoms with Crippen molar-refractivity contribution in [1.82, 2.24) is 15.1 Å². The molecule has 1 N–H and O–H groups in total. The van der Waals surface area contributed by atoms with Gasteiger partial charge in [0.15, 0.2) is 0 Å². The minimum absolute atomic E-state index is 0.0753. The normalized spacial score (nSPS) is 18.6. The van der Waals surface area contributed by atoms with Crippen molar-refractivity contribution in [3.63, 3.8) is 0 Å². The standard InChI is InChI=1S/C26H33Cl2N3O/c27-24-5-4-6-25(28)23(24)19-31-15-11-22(12-16-31)26(32)29-17-20-7-9-21(10-8-20)18-30-13-2-1-3-14-30/h4-10,22H,1-3,11-19H2,(H,29,32). The number of likely N-dealkylation sites (tertiary alicyclic amines) is 2. The Labute approximate surface area is 201 Å². The van der Waals surface area contributed by atoms with Gasteiger partial charge in [-0.25, -0.2) is 0 Å². The highest BCUT2D eigenvalue weighted by atomic mass is 35.5. The van der Waals surface area contributed by atoms with Gasteiger partial charge in [-0.3, -0.25) is 14.6 Å². The number of nitrogens with zero attached hydrogens (tertiary/aromatic N) is 2. The van der Waals surface area contributed by atoms with E-state index in [2.05, 4.69) is 39.4 Å². The molecule has 0 atom stereocenters. The maximum atomic E-state index is 12.7. The van der Waals surface area contributed by atoms with Crippen LogP contribution < -0.4 is 5.32 Å². The van der Waals surface area contributed by atoms with E-state index in [-0.39, 0.29) is 11.8 Å². The Morgan fingerprint density at radius 1 is 0.812 bits per heavy atom. The lowest BCUT2D eigenvalue weighted by Gasteiger charge is -2.31. The summed E-state index contributed by atoms with van der Waals surface area (Å²) in [5.74, 6) is 0.240. The molecule has 2 saturated heterocycles. The quantitative estimate of drug-likeness (QED) is 0.575. The van der Waals surface area contributed by atoms with E-state index in [1.54, 1.807) is 0 Å². The zero-order chi connectivity index (χ0) is 22.3. The smallest absolute Gasteiger partial charge is 0.223 e. The van der Waals surface area contributed by atoms with Crippen LogP contribution in [0.1, 0.15) is 48.8 Å². The average molecular weight is 474 g/mol. The Morgan fingerprint density at radius 2 is 1.41 bits per heavy atom. The lowest BCUT2D eigenvalue weighted by atomic mass is 9.95. The molecule has 0 saturated carbocycles. The fourth-order valence-electron chi connectivity index (χ4n) is 4.73. The second-order valence-electron chi connectivity index (χ2n) is 9.12. The number of amides is 1. The van der Waals surface area contributed by atoms with Crippen LogP contribution in [0.5, 0.6) is 0 Å². The number of nitrogens with one attached hydrogen (secondary N) is 1. The molecule has 4 rings (SSSR count). The third kappa shape index (κ3) is 6.48. The Hall–Kier alpha value is -1.59. The summed E-state index contributed by atoms with van der Waals surface area (Å²) < 4.78 is 0. The molecule has 0 aliphatic carbocycles. The van der Waals surface area contributed by atoms with Crippen molar-refractivity contribution in [3.8, 4) is 0 Å². The molecule has 0 bridgehead atoms. The maximum absolute atomic E-state index is 12.7. The maximum Gasteiger partial charge on any atom is 0.223 e. The molecule has 172 valence electrons. The predicted molar refractivity (Wildman–Crippen MR) is 132 cm³/mol. The molecule has 2 aromatic carbocycles. The van der Waals surface area contributed by atoms with Crippen LogP contribution in [-0.2, 0) is 24.4 Å². The molecule has 6 heteroatoms. The summed E-state index contributed by atoms with van der Waals surface area (Å²) in [5.41, 5.74) is 3.49. The van der Waals surface area contributed by atoms with Crippen LogP contribution in [0, 0.1) is 5.92 Å². The molecule has 0 spiro atoms. The van der Waals surface area contributed by atoms with Gasteiger partial charge in [0.05, 0.1) is 0 Å². The van der Waals surface area contributed by atoms with Gasteiger partial charge >= 0.3 is 0 Å². The number of hydrogen-bond acceptors (Lipinski definition) is 3. The van der Waals surface area contributed by atoms with Gasteiger partial charge in [-0.2, -0.15) is 0 Å². The highest BCUT2D eigenvalue weighted by Gasteiger charge is 2.25. The van der Waals surface area contributed by atoms with E-state index in [9.17, 15) is 4.79 Å². The van der Waals surface area contributed by atoms with Gasteiger partial charge in [0.1, 0.15) is 0 Å². The lowest BCUT2D eigenvalue weighted by Crippen LogP contribution is -2.40. The highest BCUT2D eigenvalue weighted by Crippen LogP contribution is 2.27. The Morgan fingerprint density at radius 3 is 2.06 bits per heavy atom. The van der Waals surface area contributed by atoms with Crippen LogP contribution in [0.4, 0.5) is 0 Å². The van der Waals surface area contributed by atoms with Gasteiger partial charge < -0.3 is 5.32 Å². The Balaban J connectivity index is 1.19. The Bertz CT molecular complexity index is 868. The van der Waals surface area contributed by atoms with Gasteiger partial charge in [0.2, 0.25) is 5.91 Å². The summed E-state index contributed by atoms with van der Waals surface area (Å²) in [6.45, 7) is 6.54. The first-order valence-electron chi connectivity index (χ1n) is 11.8. The fraction of sp³-hybridized carbons (Fsp3) is 0.500. The van der Waals surface area contributed by atoms with E-state index in [4.69, 9.17) is 23.2 Å². The van der Waals surface area contributed by atoms with Gasteiger partial charge in [-0.15, -0.1) is 0 Å².